The average molecular weight is 386 g/mol. The van der Waals surface area contributed by atoms with Crippen LogP contribution < -0.4 is 21.1 Å². The lowest BCUT2D eigenvalue weighted by Gasteiger charge is -2.35. The summed E-state index contributed by atoms with van der Waals surface area (Å²) in [7, 11) is 1.54. The van der Waals surface area contributed by atoms with Crippen LogP contribution in [0.25, 0.3) is 10.8 Å². The van der Waals surface area contributed by atoms with Crippen LogP contribution in [0.3, 0.4) is 0 Å². The molecule has 4 N–H and O–H groups in total. The average Bonchev–Trinajstić information content (AvgIpc) is 2.99. The molecule has 0 radical (unpaired) electrons. The van der Waals surface area contributed by atoms with Gasteiger partial charge in [0.25, 0.3) is 0 Å². The highest BCUT2D eigenvalue weighted by Crippen LogP contribution is 2.37. The Kier molecular flexibility index (Phi) is 5.16. The van der Waals surface area contributed by atoms with E-state index in [-0.39, 0.29) is 5.91 Å². The molecule has 0 bridgehead atoms. The van der Waals surface area contributed by atoms with E-state index in [1.54, 1.807) is 40.3 Å². The van der Waals surface area contributed by atoms with Gasteiger partial charge in [-0.15, -0.1) is 0 Å². The van der Waals surface area contributed by atoms with E-state index in [4.69, 9.17) is 15.2 Å². The minimum absolute atomic E-state index is 0.334. The second-order valence-corrected chi connectivity index (χ2v) is 7.90. The number of aromatic nitrogens is 1. The third-order valence-electron chi connectivity index (χ3n) is 4.79. The summed E-state index contributed by atoms with van der Waals surface area (Å²) in [5.74, 6) is 0.190. The summed E-state index contributed by atoms with van der Waals surface area (Å²) in [5.41, 5.74) is 5.14. The molecule has 0 aliphatic carbocycles. The summed E-state index contributed by atoms with van der Waals surface area (Å²) < 4.78 is 10.9. The Labute approximate surface area is 163 Å². The number of rotatable bonds is 4. The molecular weight excluding hydrogens is 360 g/mol. The Morgan fingerprint density at radius 2 is 2.11 bits per heavy atom. The van der Waals surface area contributed by atoms with Crippen LogP contribution in [0.15, 0.2) is 30.6 Å². The molecule has 2 amide bonds. The van der Waals surface area contributed by atoms with E-state index in [1.165, 1.54) is 0 Å². The summed E-state index contributed by atoms with van der Waals surface area (Å²) >= 11 is 0. The number of amides is 2. The maximum Gasteiger partial charge on any atom is 0.408 e. The molecule has 150 valence electrons. The van der Waals surface area contributed by atoms with E-state index in [2.05, 4.69) is 15.6 Å². The van der Waals surface area contributed by atoms with Gasteiger partial charge in [-0.3, -0.25) is 9.78 Å². The number of fused-ring (bicyclic) bond motifs is 1. The van der Waals surface area contributed by atoms with Crippen molar-refractivity contribution in [1.82, 2.24) is 15.6 Å². The predicted octanol–water partition coefficient (Wildman–Crippen LogP) is 2.03. The zero-order valence-electron chi connectivity index (χ0n) is 16.5. The van der Waals surface area contributed by atoms with Gasteiger partial charge in [-0.25, -0.2) is 4.79 Å². The Hall–Kier alpha value is -2.87. The molecule has 2 aromatic rings. The fraction of sp³-hybridized carbons (Fsp3) is 0.450. The predicted molar refractivity (Wildman–Crippen MR) is 105 cm³/mol. The molecule has 0 saturated carbocycles. The Morgan fingerprint density at radius 1 is 1.36 bits per heavy atom. The second-order valence-electron chi connectivity index (χ2n) is 7.90. The molecule has 1 fully saturated rings. The molecule has 1 unspecified atom stereocenters. The Balaban J connectivity index is 2.03. The van der Waals surface area contributed by atoms with Gasteiger partial charge in [0.05, 0.1) is 13.2 Å². The third-order valence-corrected chi connectivity index (χ3v) is 4.79. The first-order chi connectivity index (χ1) is 13.2. The third kappa shape index (κ3) is 3.73. The normalized spacial score (nSPS) is 20.5. The summed E-state index contributed by atoms with van der Waals surface area (Å²) in [5, 5.41) is 7.29. The standard InChI is InChI=1S/C20H26N4O4/c1-19(2,3)28-18(26)24-20(6-8-23-17(20)25)16(21)14-9-13-11-22-7-5-12(13)10-15(14)27-4/h5,7,9-11,16H,6,8,21H2,1-4H3,(H,23,25)(H,24,26)/t16?,20-/m0/s1. The van der Waals surface area contributed by atoms with Gasteiger partial charge >= 0.3 is 6.09 Å². The maximum absolute atomic E-state index is 12.8. The van der Waals surface area contributed by atoms with Crippen LogP contribution in [-0.2, 0) is 9.53 Å². The number of ether oxygens (including phenoxy) is 2. The van der Waals surface area contributed by atoms with Gasteiger partial charge in [0.1, 0.15) is 16.9 Å². The molecule has 28 heavy (non-hydrogen) atoms. The smallest absolute Gasteiger partial charge is 0.408 e. The highest BCUT2D eigenvalue weighted by Gasteiger charge is 2.50. The Morgan fingerprint density at radius 3 is 2.71 bits per heavy atom. The molecule has 0 spiro atoms. The van der Waals surface area contributed by atoms with Crippen LogP contribution in [0.2, 0.25) is 0 Å². The number of carbonyl (C=O) groups excluding carboxylic acids is 2. The van der Waals surface area contributed by atoms with Crippen molar-refractivity contribution < 1.29 is 19.1 Å². The van der Waals surface area contributed by atoms with Crippen molar-refractivity contribution in [3.05, 3.63) is 36.2 Å². The highest BCUT2D eigenvalue weighted by molar-refractivity contribution is 5.93. The van der Waals surface area contributed by atoms with Crippen LogP contribution >= 0.6 is 0 Å². The van der Waals surface area contributed by atoms with Gasteiger partial charge in [-0.1, -0.05) is 0 Å². The van der Waals surface area contributed by atoms with Crippen molar-refractivity contribution in [3.8, 4) is 5.75 Å². The number of methoxy groups -OCH3 is 1. The second kappa shape index (κ2) is 7.27. The van der Waals surface area contributed by atoms with Crippen molar-refractivity contribution in [2.24, 2.45) is 5.73 Å². The molecule has 2 heterocycles. The van der Waals surface area contributed by atoms with Crippen molar-refractivity contribution >= 4 is 22.8 Å². The highest BCUT2D eigenvalue weighted by atomic mass is 16.6. The minimum Gasteiger partial charge on any atom is -0.496 e. The van der Waals surface area contributed by atoms with Crippen molar-refractivity contribution in [2.75, 3.05) is 13.7 Å². The van der Waals surface area contributed by atoms with E-state index in [0.717, 1.165) is 10.8 Å². The van der Waals surface area contributed by atoms with Crippen molar-refractivity contribution in [2.45, 2.75) is 44.4 Å². The van der Waals surface area contributed by atoms with Crippen LogP contribution in [0.1, 0.15) is 38.8 Å². The van der Waals surface area contributed by atoms with Gasteiger partial charge in [-0.2, -0.15) is 0 Å². The summed E-state index contributed by atoms with van der Waals surface area (Å²) in [6.45, 7) is 5.67. The van der Waals surface area contributed by atoms with E-state index in [0.29, 0.717) is 24.3 Å². The van der Waals surface area contributed by atoms with Gasteiger partial charge in [0, 0.05) is 29.9 Å². The minimum atomic E-state index is -1.34. The molecule has 8 nitrogen and oxygen atoms in total. The molecular formula is C20H26N4O4. The largest absolute Gasteiger partial charge is 0.496 e. The lowest BCUT2D eigenvalue weighted by molar-refractivity contribution is -0.125. The number of carbonyl (C=O) groups is 2. The molecule has 1 aromatic carbocycles. The topological polar surface area (TPSA) is 116 Å². The number of hydrogen-bond acceptors (Lipinski definition) is 6. The number of nitrogens with two attached hydrogens (primary N) is 1. The molecule has 3 rings (SSSR count). The molecule has 1 aliphatic rings. The number of benzene rings is 1. The zero-order chi connectivity index (χ0) is 20.5. The van der Waals surface area contributed by atoms with Gasteiger partial charge in [0.2, 0.25) is 5.91 Å². The number of pyridine rings is 1. The van der Waals surface area contributed by atoms with E-state index in [9.17, 15) is 9.59 Å². The number of nitrogens with one attached hydrogen (secondary N) is 2. The lowest BCUT2D eigenvalue weighted by atomic mass is 9.83. The molecule has 2 atom stereocenters. The Bertz CT molecular complexity index is 909. The monoisotopic (exact) mass is 386 g/mol. The quantitative estimate of drug-likeness (QED) is 0.740. The van der Waals surface area contributed by atoms with Crippen molar-refractivity contribution in [1.29, 1.82) is 0 Å². The van der Waals surface area contributed by atoms with Gasteiger partial charge in [-0.05, 0) is 50.8 Å². The lowest BCUT2D eigenvalue weighted by Crippen LogP contribution is -2.60. The maximum atomic E-state index is 12.8. The first-order valence-electron chi connectivity index (χ1n) is 9.13. The van der Waals surface area contributed by atoms with Gasteiger partial charge < -0.3 is 25.8 Å². The summed E-state index contributed by atoms with van der Waals surface area (Å²) in [6, 6.07) is 4.71. The first kappa shape index (κ1) is 19.9. The number of alkyl carbamates (subject to hydrolysis) is 1. The summed E-state index contributed by atoms with van der Waals surface area (Å²) in [6.07, 6.45) is 3.05. The van der Waals surface area contributed by atoms with Gasteiger partial charge in [0.15, 0.2) is 0 Å². The van der Waals surface area contributed by atoms with Crippen LogP contribution in [0.4, 0.5) is 4.79 Å². The fourth-order valence-electron chi connectivity index (χ4n) is 3.44. The van der Waals surface area contributed by atoms with E-state index < -0.39 is 23.3 Å². The number of nitrogens with zero attached hydrogens (tertiary/aromatic N) is 1. The molecule has 8 heteroatoms. The molecule has 1 saturated heterocycles. The number of hydrogen-bond donors (Lipinski definition) is 3. The molecule has 1 aromatic heterocycles. The van der Waals surface area contributed by atoms with Crippen molar-refractivity contribution in [3.63, 3.8) is 0 Å². The zero-order valence-corrected chi connectivity index (χ0v) is 16.5. The van der Waals surface area contributed by atoms with Crippen LogP contribution in [0.5, 0.6) is 5.75 Å². The SMILES string of the molecule is COc1cc2ccncc2cc1C(N)[C@@]1(NC(=O)OC(C)(C)C)CCNC1=O. The van der Waals surface area contributed by atoms with Crippen LogP contribution in [0, 0.1) is 0 Å². The fourth-order valence-corrected chi connectivity index (χ4v) is 3.44. The summed E-state index contributed by atoms with van der Waals surface area (Å²) in [4.78, 5) is 29.4. The molecule has 1 aliphatic heterocycles. The van der Waals surface area contributed by atoms with E-state index >= 15 is 0 Å². The van der Waals surface area contributed by atoms with E-state index in [1.807, 2.05) is 18.2 Å². The first-order valence-corrected chi connectivity index (χ1v) is 9.13. The van der Waals surface area contributed by atoms with Crippen LogP contribution in [-0.4, -0.2) is 41.8 Å².